The number of nitrogens with two attached hydrogens (primary N) is 1. The number of nitrogens with zero attached hydrogens (tertiary/aromatic N) is 3. The normalized spacial score (nSPS) is 16.7. The van der Waals surface area contributed by atoms with E-state index in [-0.39, 0.29) is 34.5 Å². The fourth-order valence-electron chi connectivity index (χ4n) is 3.33. The van der Waals surface area contributed by atoms with Crippen LogP contribution in [0.4, 0.5) is 10.8 Å². The summed E-state index contributed by atoms with van der Waals surface area (Å²) in [4.78, 5) is 53.1. The lowest BCUT2D eigenvalue weighted by Gasteiger charge is -2.32. The number of fused-ring (bicyclic) bond motifs is 1. The number of thiocarbonyl (C=S) groups is 1. The molecule has 0 aliphatic heterocycles. The number of anilines is 1. The lowest BCUT2D eigenvalue weighted by molar-refractivity contribution is -0.384. The first kappa shape index (κ1) is 23.3. The number of ketones is 2. The molecule has 0 bridgehead atoms. The van der Waals surface area contributed by atoms with Gasteiger partial charge in [0.15, 0.2) is 5.13 Å². The molecular weight excluding hydrogens is 458 g/mol. The molecule has 0 atom stereocenters. The third-order valence-electron chi connectivity index (χ3n) is 4.67. The van der Waals surface area contributed by atoms with E-state index in [1.54, 1.807) is 13.8 Å². The number of hydrogen-bond donors (Lipinski definition) is 4. The summed E-state index contributed by atoms with van der Waals surface area (Å²) in [6.07, 6.45) is 0.195. The van der Waals surface area contributed by atoms with Crippen molar-refractivity contribution >= 4 is 72.9 Å². The van der Waals surface area contributed by atoms with Gasteiger partial charge >= 0.3 is 0 Å². The van der Waals surface area contributed by atoms with E-state index in [1.165, 1.54) is 18.2 Å². The molecule has 0 spiro atoms. The van der Waals surface area contributed by atoms with Gasteiger partial charge < -0.3 is 0 Å². The quantitative estimate of drug-likeness (QED) is 0.123. The highest BCUT2D eigenvalue weighted by Crippen LogP contribution is 2.35. The summed E-state index contributed by atoms with van der Waals surface area (Å²) in [6.45, 7) is 3.59. The van der Waals surface area contributed by atoms with Crippen molar-refractivity contribution in [2.24, 2.45) is 22.3 Å². The summed E-state index contributed by atoms with van der Waals surface area (Å²) < 4.78 is 0.478. The van der Waals surface area contributed by atoms with Gasteiger partial charge in [-0.05, 0) is 23.7 Å². The van der Waals surface area contributed by atoms with Crippen molar-refractivity contribution in [2.45, 2.75) is 26.7 Å². The maximum Gasteiger partial charge on any atom is 0.274 e. The van der Waals surface area contributed by atoms with Crippen molar-refractivity contribution < 1.29 is 19.3 Å². The molecule has 168 valence electrons. The Morgan fingerprint density at radius 1 is 1.34 bits per heavy atom. The number of aromatic nitrogens is 1. The maximum atomic E-state index is 13.0. The monoisotopic (exact) mass is 477 g/mol. The van der Waals surface area contributed by atoms with E-state index in [0.717, 1.165) is 11.3 Å². The van der Waals surface area contributed by atoms with Crippen LogP contribution in [0.15, 0.2) is 23.3 Å². The van der Waals surface area contributed by atoms with E-state index in [1.807, 2.05) is 0 Å². The standard InChI is InChI=1S/C18H19N7O5S2/c1-18(2)6-10(26)13(11(27)7-18)14(23-24-16(31)22-19)15(28)21-17-20-9-4-3-8(25(29)30)5-12(9)32-17/h3-5,13H,6-7,19H2,1-2H3,(H,20,21,28)(H2,22,24,31)/b23-14-. The summed E-state index contributed by atoms with van der Waals surface area (Å²) >= 11 is 5.84. The highest BCUT2D eigenvalue weighted by Gasteiger charge is 2.44. The molecule has 1 saturated carbocycles. The number of hydrazone groups is 1. The molecule has 1 aliphatic rings. The average Bonchev–Trinajstić information content (AvgIpc) is 3.09. The molecule has 1 fully saturated rings. The predicted molar refractivity (Wildman–Crippen MR) is 122 cm³/mol. The van der Waals surface area contributed by atoms with Crippen LogP contribution in [0.25, 0.3) is 10.2 Å². The lowest BCUT2D eigenvalue weighted by atomic mass is 9.70. The first-order valence-electron chi connectivity index (χ1n) is 9.26. The fraction of sp³-hybridized carbons (Fsp3) is 0.333. The Labute approximate surface area is 190 Å². The van der Waals surface area contributed by atoms with Crippen LogP contribution in [0.1, 0.15) is 26.7 Å². The van der Waals surface area contributed by atoms with E-state index in [9.17, 15) is 24.5 Å². The van der Waals surface area contributed by atoms with Crippen molar-refractivity contribution in [3.8, 4) is 0 Å². The largest absolute Gasteiger partial charge is 0.300 e. The van der Waals surface area contributed by atoms with Crippen LogP contribution < -0.4 is 22.0 Å². The zero-order chi connectivity index (χ0) is 23.6. The van der Waals surface area contributed by atoms with E-state index in [2.05, 4.69) is 26.3 Å². The number of nitro benzene ring substituents is 1. The molecule has 32 heavy (non-hydrogen) atoms. The third-order valence-corrected chi connectivity index (χ3v) is 5.81. The molecular formula is C18H19N7O5S2. The van der Waals surface area contributed by atoms with Gasteiger partial charge in [0.05, 0.1) is 15.1 Å². The predicted octanol–water partition coefficient (Wildman–Crippen LogP) is 1.41. The number of Topliss-reactive ketones (excluding diaryl/α,β-unsaturated/α-hetero) is 2. The molecule has 1 aromatic heterocycles. The number of amides is 1. The summed E-state index contributed by atoms with van der Waals surface area (Å²) in [5, 5.41) is 17.3. The number of thiazole rings is 1. The lowest BCUT2D eigenvalue weighted by Crippen LogP contribution is -2.47. The minimum absolute atomic E-state index is 0.0973. The maximum absolute atomic E-state index is 13.0. The van der Waals surface area contributed by atoms with E-state index in [4.69, 9.17) is 18.1 Å². The second-order valence-corrected chi connectivity index (χ2v) is 9.29. The number of rotatable bonds is 5. The minimum Gasteiger partial charge on any atom is -0.300 e. The number of non-ortho nitro benzene ring substituents is 1. The minimum atomic E-state index is -1.37. The molecule has 1 aliphatic carbocycles. The van der Waals surface area contributed by atoms with Gasteiger partial charge in [-0.15, -0.1) is 0 Å². The van der Waals surface area contributed by atoms with E-state index >= 15 is 0 Å². The summed E-state index contributed by atoms with van der Waals surface area (Å²) in [5.41, 5.74) is 3.88. The van der Waals surface area contributed by atoms with Crippen LogP contribution in [0.2, 0.25) is 0 Å². The molecule has 14 heteroatoms. The van der Waals surface area contributed by atoms with Crippen LogP contribution in [0, 0.1) is 21.4 Å². The first-order chi connectivity index (χ1) is 15.0. The fourth-order valence-corrected chi connectivity index (χ4v) is 4.27. The van der Waals surface area contributed by atoms with Gasteiger partial charge in [0.25, 0.3) is 11.6 Å². The van der Waals surface area contributed by atoms with Gasteiger partial charge in [-0.25, -0.2) is 10.8 Å². The van der Waals surface area contributed by atoms with E-state index in [0.29, 0.717) is 10.2 Å². The van der Waals surface area contributed by atoms with Crippen LogP contribution in [-0.4, -0.2) is 38.2 Å². The molecule has 0 saturated heterocycles. The Balaban J connectivity index is 1.91. The molecule has 0 radical (unpaired) electrons. The molecule has 2 aromatic rings. The number of hydrazine groups is 1. The van der Waals surface area contributed by atoms with Gasteiger partial charge in [-0.2, -0.15) is 5.10 Å². The number of nitrogens with one attached hydrogen (secondary N) is 3. The van der Waals surface area contributed by atoms with Crippen molar-refractivity contribution in [1.29, 1.82) is 0 Å². The molecule has 1 heterocycles. The molecule has 3 rings (SSSR count). The second kappa shape index (κ2) is 9.02. The zero-order valence-corrected chi connectivity index (χ0v) is 18.6. The van der Waals surface area contributed by atoms with Gasteiger partial charge in [0.2, 0.25) is 5.11 Å². The van der Waals surface area contributed by atoms with Gasteiger partial charge in [-0.1, -0.05) is 25.2 Å². The third kappa shape index (κ3) is 5.09. The van der Waals surface area contributed by atoms with Crippen molar-refractivity contribution in [2.75, 3.05) is 5.32 Å². The van der Waals surface area contributed by atoms with E-state index < -0.39 is 33.7 Å². The van der Waals surface area contributed by atoms with Crippen molar-refractivity contribution in [3.63, 3.8) is 0 Å². The van der Waals surface area contributed by atoms with Gasteiger partial charge in [0, 0.05) is 25.0 Å². The average molecular weight is 478 g/mol. The topological polar surface area (TPSA) is 182 Å². The SMILES string of the molecule is CC1(C)CC(=O)C(/C(=N/NC(=S)NN)C(=O)Nc2nc3ccc([N+](=O)[O-])cc3s2)C(=O)C1. The number of carbonyl (C=O) groups is 3. The number of benzene rings is 1. The zero-order valence-electron chi connectivity index (χ0n) is 17.0. The Morgan fingerprint density at radius 3 is 2.59 bits per heavy atom. The van der Waals surface area contributed by atoms with Crippen LogP contribution in [0.5, 0.6) is 0 Å². The Kier molecular flexibility index (Phi) is 6.57. The smallest absolute Gasteiger partial charge is 0.274 e. The first-order valence-corrected chi connectivity index (χ1v) is 10.5. The molecule has 1 aromatic carbocycles. The summed E-state index contributed by atoms with van der Waals surface area (Å²) in [5.74, 6) is 2.11. The van der Waals surface area contributed by atoms with Crippen molar-refractivity contribution in [3.05, 3.63) is 28.3 Å². The Bertz CT molecular complexity index is 1150. The molecule has 5 N–H and O–H groups in total. The molecule has 12 nitrogen and oxygen atoms in total. The van der Waals surface area contributed by atoms with Crippen molar-refractivity contribution in [1.82, 2.24) is 15.8 Å². The summed E-state index contributed by atoms with van der Waals surface area (Å²) in [6, 6.07) is 4.09. The van der Waals surface area contributed by atoms with Crippen LogP contribution in [-0.2, 0) is 14.4 Å². The Hall–Kier alpha value is -3.36. The second-order valence-electron chi connectivity index (χ2n) is 7.85. The molecule has 0 unspecified atom stereocenters. The van der Waals surface area contributed by atoms with Gasteiger partial charge in [-0.3, -0.25) is 40.7 Å². The number of hydrogen-bond acceptors (Lipinski definition) is 10. The van der Waals surface area contributed by atoms with Crippen LogP contribution in [0.3, 0.4) is 0 Å². The van der Waals surface area contributed by atoms with Gasteiger partial charge in [0.1, 0.15) is 23.2 Å². The highest BCUT2D eigenvalue weighted by atomic mass is 32.1. The highest BCUT2D eigenvalue weighted by molar-refractivity contribution is 7.80. The number of carbonyl (C=O) groups excluding carboxylic acids is 3. The summed E-state index contributed by atoms with van der Waals surface area (Å²) in [7, 11) is 0. The Morgan fingerprint density at radius 2 is 2.00 bits per heavy atom. The number of nitro groups is 1. The molecule has 1 amide bonds. The van der Waals surface area contributed by atoms with Crippen LogP contribution >= 0.6 is 23.6 Å².